The molecule has 0 aromatic heterocycles. The number of rotatable bonds is 15. The zero-order chi connectivity index (χ0) is 23.6. The van der Waals surface area contributed by atoms with Gasteiger partial charge in [-0.1, -0.05) is 6.92 Å². The van der Waals surface area contributed by atoms with Gasteiger partial charge in [0.2, 0.25) is 0 Å². The van der Waals surface area contributed by atoms with Crippen LogP contribution < -0.4 is 0 Å². The highest BCUT2D eigenvalue weighted by atomic mass is 16.5. The smallest absolute Gasteiger partial charge is 0.318 e. The molecule has 0 aliphatic rings. The van der Waals surface area contributed by atoms with Crippen molar-refractivity contribution in [1.82, 2.24) is 0 Å². The normalized spacial score (nSPS) is 12.4. The van der Waals surface area contributed by atoms with Gasteiger partial charge >= 0.3 is 11.9 Å². The quantitative estimate of drug-likeness (QED) is 0.281. The Labute approximate surface area is 178 Å². The first kappa shape index (κ1) is 28.2. The molecule has 0 radical (unpaired) electrons. The molecule has 174 valence electrons. The van der Waals surface area contributed by atoms with Crippen LogP contribution in [0, 0.1) is 16.2 Å². The van der Waals surface area contributed by atoms with Crippen molar-refractivity contribution in [2.24, 2.45) is 16.2 Å². The highest BCUT2D eigenvalue weighted by Crippen LogP contribution is 2.26. The number of esters is 2. The Hall–Kier alpha value is -1.84. The zero-order valence-electron chi connectivity index (χ0n) is 19.4. The Morgan fingerprint density at radius 1 is 0.667 bits per heavy atom. The number of ether oxygens (including phenoxy) is 5. The lowest BCUT2D eigenvalue weighted by Gasteiger charge is -2.32. The van der Waals surface area contributed by atoms with Crippen LogP contribution in [-0.4, -0.2) is 77.9 Å². The molecule has 30 heavy (non-hydrogen) atoms. The second kappa shape index (κ2) is 12.1. The highest BCUT2D eigenvalue weighted by Gasteiger charge is 2.39. The first-order valence-electron chi connectivity index (χ1n) is 9.72. The molecule has 0 aliphatic carbocycles. The molecule has 0 saturated heterocycles. The van der Waals surface area contributed by atoms with Gasteiger partial charge in [-0.3, -0.25) is 19.2 Å². The molecular weight excluding hydrogens is 396 g/mol. The van der Waals surface area contributed by atoms with Crippen LogP contribution in [0.15, 0.2) is 0 Å². The minimum Gasteiger partial charge on any atom is -0.468 e. The summed E-state index contributed by atoms with van der Waals surface area (Å²) >= 11 is 0. The number of hydrogen-bond acceptors (Lipinski definition) is 9. The van der Waals surface area contributed by atoms with Crippen LogP contribution in [0.2, 0.25) is 0 Å². The monoisotopic (exact) mass is 432 g/mol. The Kier molecular flexibility index (Phi) is 11.4. The number of methoxy groups -OCH3 is 3. The number of Topliss-reactive ketones (excluding diaryl/α,β-unsaturated/α-hetero) is 2. The summed E-state index contributed by atoms with van der Waals surface area (Å²) in [7, 11) is 3.97. The van der Waals surface area contributed by atoms with E-state index in [9.17, 15) is 19.2 Å². The van der Waals surface area contributed by atoms with Crippen molar-refractivity contribution in [3.63, 3.8) is 0 Å². The predicted octanol–water partition coefficient (Wildman–Crippen LogP) is 1.60. The number of carbonyl (C=O) groups excluding carboxylic acids is 4. The van der Waals surface area contributed by atoms with Crippen molar-refractivity contribution in [3.8, 4) is 0 Å². The van der Waals surface area contributed by atoms with Gasteiger partial charge < -0.3 is 23.7 Å². The molecule has 0 fully saturated rings. The third-order valence-electron chi connectivity index (χ3n) is 5.27. The van der Waals surface area contributed by atoms with Gasteiger partial charge in [0.1, 0.15) is 24.0 Å². The van der Waals surface area contributed by atoms with Gasteiger partial charge in [-0.2, -0.15) is 0 Å². The summed E-state index contributed by atoms with van der Waals surface area (Å²) in [6.07, 6.45) is 0.587. The topological polar surface area (TPSA) is 114 Å². The molecular formula is C21H36O9. The van der Waals surface area contributed by atoms with E-state index in [2.05, 4.69) is 9.47 Å². The molecule has 0 N–H and O–H groups in total. The second-order valence-electron chi connectivity index (χ2n) is 8.35. The van der Waals surface area contributed by atoms with E-state index in [-0.39, 0.29) is 33.0 Å². The van der Waals surface area contributed by atoms with Crippen molar-refractivity contribution in [2.45, 2.75) is 41.0 Å². The average molecular weight is 433 g/mol. The van der Waals surface area contributed by atoms with Gasteiger partial charge in [-0.15, -0.1) is 0 Å². The van der Waals surface area contributed by atoms with Gasteiger partial charge in [-0.25, -0.2) is 0 Å². The summed E-state index contributed by atoms with van der Waals surface area (Å²) in [6.45, 7) is 7.77. The summed E-state index contributed by atoms with van der Waals surface area (Å²) in [5.41, 5.74) is -3.24. The van der Waals surface area contributed by atoms with E-state index in [4.69, 9.17) is 14.2 Å². The van der Waals surface area contributed by atoms with Gasteiger partial charge in [0.25, 0.3) is 0 Å². The first-order valence-corrected chi connectivity index (χ1v) is 9.72. The summed E-state index contributed by atoms with van der Waals surface area (Å²) in [5.74, 6) is -2.09. The first-order chi connectivity index (χ1) is 13.8. The van der Waals surface area contributed by atoms with E-state index in [1.54, 1.807) is 0 Å². The number of carbonyl (C=O) groups is 4. The molecule has 0 bridgehead atoms. The SMILES string of the molecule is CCC(COC)(COCC(=O)C(C)(C)C(=O)OC)COCC(=O)C(C)(C)C(=O)OC. The zero-order valence-corrected chi connectivity index (χ0v) is 19.4. The van der Waals surface area contributed by atoms with E-state index >= 15 is 0 Å². The number of ketones is 2. The molecule has 0 aliphatic heterocycles. The van der Waals surface area contributed by atoms with Gasteiger partial charge in [0.05, 0.1) is 34.0 Å². The Bertz CT molecular complexity index is 562. The molecule has 0 atom stereocenters. The summed E-state index contributed by atoms with van der Waals surface area (Å²) in [6, 6.07) is 0. The lowest BCUT2D eigenvalue weighted by Crippen LogP contribution is -2.41. The molecule has 9 nitrogen and oxygen atoms in total. The lowest BCUT2D eigenvalue weighted by molar-refractivity contribution is -0.158. The van der Waals surface area contributed by atoms with Gasteiger partial charge in [0.15, 0.2) is 11.6 Å². The second-order valence-corrected chi connectivity index (χ2v) is 8.35. The standard InChI is InChI=1S/C21H36O9/c1-9-21(12-26-6,13-29-10-15(22)19(2,3)17(24)27-7)14-30-11-16(23)20(4,5)18(25)28-8/h9-14H2,1-8H3. The fourth-order valence-electron chi connectivity index (χ4n) is 2.56. The lowest BCUT2D eigenvalue weighted by atomic mass is 9.86. The highest BCUT2D eigenvalue weighted by molar-refractivity contribution is 6.04. The van der Waals surface area contributed by atoms with E-state index in [0.717, 1.165) is 0 Å². The summed E-state index contributed by atoms with van der Waals surface area (Å²) in [5, 5.41) is 0. The van der Waals surface area contributed by atoms with E-state index < -0.39 is 39.8 Å². The summed E-state index contributed by atoms with van der Waals surface area (Å²) in [4.78, 5) is 48.1. The molecule has 0 saturated carbocycles. The van der Waals surface area contributed by atoms with Crippen LogP contribution >= 0.6 is 0 Å². The Morgan fingerprint density at radius 2 is 1.03 bits per heavy atom. The molecule has 0 spiro atoms. The molecule has 9 heteroatoms. The third kappa shape index (κ3) is 7.45. The van der Waals surface area contributed by atoms with E-state index in [1.807, 2.05) is 6.92 Å². The van der Waals surface area contributed by atoms with Crippen LogP contribution in [0.5, 0.6) is 0 Å². The Balaban J connectivity index is 4.94. The van der Waals surface area contributed by atoms with Gasteiger partial charge in [0, 0.05) is 12.5 Å². The molecule has 0 rings (SSSR count). The predicted molar refractivity (Wildman–Crippen MR) is 108 cm³/mol. The van der Waals surface area contributed by atoms with Crippen LogP contribution in [0.1, 0.15) is 41.0 Å². The largest absolute Gasteiger partial charge is 0.468 e. The Morgan fingerprint density at radius 3 is 1.30 bits per heavy atom. The van der Waals surface area contributed by atoms with Crippen LogP contribution in [0.4, 0.5) is 0 Å². The van der Waals surface area contributed by atoms with Crippen molar-refractivity contribution >= 4 is 23.5 Å². The summed E-state index contributed by atoms with van der Waals surface area (Å²) < 4.78 is 25.8. The van der Waals surface area contributed by atoms with Crippen molar-refractivity contribution in [2.75, 3.05) is 54.4 Å². The van der Waals surface area contributed by atoms with Crippen LogP contribution in [0.3, 0.4) is 0 Å². The molecule has 0 heterocycles. The van der Waals surface area contributed by atoms with Crippen molar-refractivity contribution < 1.29 is 42.9 Å². The van der Waals surface area contributed by atoms with E-state index in [0.29, 0.717) is 6.42 Å². The number of hydrogen-bond donors (Lipinski definition) is 0. The minimum atomic E-state index is -1.31. The molecule has 0 aromatic carbocycles. The fourth-order valence-corrected chi connectivity index (χ4v) is 2.56. The molecule has 0 unspecified atom stereocenters. The van der Waals surface area contributed by atoms with E-state index in [1.165, 1.54) is 49.0 Å². The fraction of sp³-hybridized carbons (Fsp3) is 0.810. The maximum atomic E-state index is 12.3. The molecule has 0 amide bonds. The van der Waals surface area contributed by atoms with Crippen LogP contribution in [-0.2, 0) is 42.9 Å². The van der Waals surface area contributed by atoms with Gasteiger partial charge in [-0.05, 0) is 34.1 Å². The maximum Gasteiger partial charge on any atom is 0.318 e. The average Bonchev–Trinajstić information content (AvgIpc) is 2.71. The third-order valence-corrected chi connectivity index (χ3v) is 5.27. The maximum absolute atomic E-state index is 12.3. The molecule has 0 aromatic rings. The van der Waals surface area contributed by atoms with Crippen LogP contribution in [0.25, 0.3) is 0 Å². The van der Waals surface area contributed by atoms with Crippen molar-refractivity contribution in [3.05, 3.63) is 0 Å². The van der Waals surface area contributed by atoms with Crippen molar-refractivity contribution in [1.29, 1.82) is 0 Å². The minimum absolute atomic E-state index is 0.120.